The van der Waals surface area contributed by atoms with E-state index in [1.807, 2.05) is 6.07 Å². The Balaban J connectivity index is 1.63. The van der Waals surface area contributed by atoms with Gasteiger partial charge in [0.15, 0.2) is 6.61 Å². The lowest BCUT2D eigenvalue weighted by Gasteiger charge is -2.16. The summed E-state index contributed by atoms with van der Waals surface area (Å²) in [6.07, 6.45) is 0.0184. The van der Waals surface area contributed by atoms with Crippen LogP contribution in [0.5, 0.6) is 5.88 Å². The molecule has 0 saturated heterocycles. The molecule has 26 heavy (non-hydrogen) atoms. The Morgan fingerprint density at radius 3 is 3.04 bits per heavy atom. The van der Waals surface area contributed by atoms with Gasteiger partial charge in [-0.1, -0.05) is 13.0 Å². The van der Waals surface area contributed by atoms with E-state index in [0.717, 1.165) is 19.3 Å². The standard InChI is InChI=1S/C18H19F3N2O2S/c1-11-4-5-14-13(7-11)8-15(26-14)16(24)23-9-12-3-2-6-22-17(12)25-10-18(19,20)21/h2-3,6,8,11H,4-5,7,9-10H2,1H3,(H,23,24). The van der Waals surface area contributed by atoms with Crippen molar-refractivity contribution in [2.45, 2.75) is 38.9 Å². The number of amides is 1. The Morgan fingerprint density at radius 1 is 1.46 bits per heavy atom. The Hall–Kier alpha value is -2.09. The molecule has 1 N–H and O–H groups in total. The number of aryl methyl sites for hydroxylation is 1. The molecular formula is C18H19F3N2O2S. The highest BCUT2D eigenvalue weighted by Crippen LogP contribution is 2.32. The molecule has 0 aliphatic heterocycles. The number of halogens is 3. The second-order valence-corrected chi connectivity index (χ2v) is 7.60. The minimum Gasteiger partial charge on any atom is -0.468 e. The molecule has 4 nitrogen and oxygen atoms in total. The average molecular weight is 384 g/mol. The van der Waals surface area contributed by atoms with Crippen LogP contribution in [0.1, 0.15) is 39.0 Å². The van der Waals surface area contributed by atoms with Gasteiger partial charge in [-0.2, -0.15) is 13.2 Å². The topological polar surface area (TPSA) is 51.2 Å². The quantitative estimate of drug-likeness (QED) is 0.843. The van der Waals surface area contributed by atoms with E-state index in [1.165, 1.54) is 28.0 Å². The molecule has 1 unspecified atom stereocenters. The highest BCUT2D eigenvalue weighted by Gasteiger charge is 2.29. The van der Waals surface area contributed by atoms with Gasteiger partial charge >= 0.3 is 6.18 Å². The Morgan fingerprint density at radius 2 is 2.27 bits per heavy atom. The van der Waals surface area contributed by atoms with Crippen LogP contribution in [0.25, 0.3) is 0 Å². The minimum atomic E-state index is -4.44. The zero-order chi connectivity index (χ0) is 18.7. The highest BCUT2D eigenvalue weighted by molar-refractivity contribution is 7.14. The molecule has 3 rings (SSSR count). The summed E-state index contributed by atoms with van der Waals surface area (Å²) in [5, 5.41) is 2.74. The minimum absolute atomic E-state index is 0.0544. The molecule has 0 saturated carbocycles. The number of alkyl halides is 3. The molecule has 0 aromatic carbocycles. The smallest absolute Gasteiger partial charge is 0.422 e. The molecule has 0 bridgehead atoms. The van der Waals surface area contributed by atoms with Crippen LogP contribution in [0.15, 0.2) is 24.4 Å². The summed E-state index contributed by atoms with van der Waals surface area (Å²) in [4.78, 5) is 18.1. The monoisotopic (exact) mass is 384 g/mol. The first-order valence-electron chi connectivity index (χ1n) is 8.35. The number of rotatable bonds is 5. The van der Waals surface area contributed by atoms with Gasteiger partial charge in [-0.25, -0.2) is 4.98 Å². The molecule has 1 aliphatic rings. The first-order chi connectivity index (χ1) is 12.3. The number of hydrogen-bond acceptors (Lipinski definition) is 4. The molecule has 1 aliphatic carbocycles. The maximum Gasteiger partial charge on any atom is 0.422 e. The maximum absolute atomic E-state index is 12.4. The largest absolute Gasteiger partial charge is 0.468 e. The van der Waals surface area contributed by atoms with E-state index in [4.69, 9.17) is 4.74 Å². The predicted octanol–water partition coefficient (Wildman–Crippen LogP) is 4.14. The number of ether oxygens (including phenoxy) is 1. The van der Waals surface area contributed by atoms with Crippen molar-refractivity contribution in [3.05, 3.63) is 45.3 Å². The molecule has 2 aromatic rings. The van der Waals surface area contributed by atoms with Crippen LogP contribution >= 0.6 is 11.3 Å². The van der Waals surface area contributed by atoms with Crippen molar-refractivity contribution in [3.63, 3.8) is 0 Å². The summed E-state index contributed by atoms with van der Waals surface area (Å²) < 4.78 is 41.7. The molecule has 1 amide bonds. The summed E-state index contributed by atoms with van der Waals surface area (Å²) >= 11 is 1.49. The van der Waals surface area contributed by atoms with Crippen molar-refractivity contribution in [1.29, 1.82) is 0 Å². The zero-order valence-corrected chi connectivity index (χ0v) is 15.0. The van der Waals surface area contributed by atoms with Gasteiger partial charge in [0.25, 0.3) is 5.91 Å². The van der Waals surface area contributed by atoms with E-state index < -0.39 is 12.8 Å². The number of fused-ring (bicyclic) bond motifs is 1. The van der Waals surface area contributed by atoms with E-state index in [-0.39, 0.29) is 18.3 Å². The van der Waals surface area contributed by atoms with Crippen LogP contribution in [-0.4, -0.2) is 23.7 Å². The van der Waals surface area contributed by atoms with Gasteiger partial charge in [0.2, 0.25) is 5.88 Å². The summed E-state index contributed by atoms with van der Waals surface area (Å²) in [6.45, 7) is 0.838. The van der Waals surface area contributed by atoms with Crippen LogP contribution in [0.4, 0.5) is 13.2 Å². The fourth-order valence-corrected chi connectivity index (χ4v) is 4.04. The van der Waals surface area contributed by atoms with Crippen molar-refractivity contribution in [2.24, 2.45) is 5.92 Å². The summed E-state index contributed by atoms with van der Waals surface area (Å²) in [5.74, 6) is 0.267. The first kappa shape index (κ1) is 18.7. The Bertz CT molecular complexity index is 789. The van der Waals surface area contributed by atoms with Gasteiger partial charge in [0.1, 0.15) is 0 Å². The van der Waals surface area contributed by atoms with Crippen molar-refractivity contribution < 1.29 is 22.7 Å². The molecule has 2 heterocycles. The van der Waals surface area contributed by atoms with E-state index in [9.17, 15) is 18.0 Å². The molecule has 8 heteroatoms. The number of nitrogens with zero attached hydrogens (tertiary/aromatic N) is 1. The summed E-state index contributed by atoms with van der Waals surface area (Å²) in [5.41, 5.74) is 1.63. The fourth-order valence-electron chi connectivity index (χ4n) is 2.92. The van der Waals surface area contributed by atoms with Crippen LogP contribution < -0.4 is 10.1 Å². The second kappa shape index (κ2) is 7.65. The van der Waals surface area contributed by atoms with Gasteiger partial charge < -0.3 is 10.1 Å². The lowest BCUT2D eigenvalue weighted by molar-refractivity contribution is -0.154. The number of carbonyl (C=O) groups excluding carboxylic acids is 1. The third-order valence-electron chi connectivity index (χ3n) is 4.21. The molecule has 0 radical (unpaired) electrons. The van der Waals surface area contributed by atoms with Crippen LogP contribution in [-0.2, 0) is 19.4 Å². The molecule has 0 spiro atoms. The van der Waals surface area contributed by atoms with Gasteiger partial charge in [-0.05, 0) is 42.9 Å². The molecule has 2 aromatic heterocycles. The number of pyridine rings is 1. The van der Waals surface area contributed by atoms with Crippen molar-refractivity contribution in [2.75, 3.05) is 6.61 Å². The van der Waals surface area contributed by atoms with Crippen LogP contribution in [0.2, 0.25) is 0 Å². The normalized spacial score (nSPS) is 16.8. The van der Waals surface area contributed by atoms with E-state index in [2.05, 4.69) is 17.2 Å². The SMILES string of the molecule is CC1CCc2sc(C(=O)NCc3cccnc3OCC(F)(F)F)cc2C1. The summed E-state index contributed by atoms with van der Waals surface area (Å²) in [7, 11) is 0. The fraction of sp³-hybridized carbons (Fsp3) is 0.444. The number of nitrogens with one attached hydrogen (secondary N) is 1. The van der Waals surface area contributed by atoms with Gasteiger partial charge in [-0.15, -0.1) is 11.3 Å². The van der Waals surface area contributed by atoms with Crippen LogP contribution in [0, 0.1) is 5.92 Å². The Labute approximate surface area is 153 Å². The first-order valence-corrected chi connectivity index (χ1v) is 9.16. The van der Waals surface area contributed by atoms with E-state index in [0.29, 0.717) is 16.4 Å². The van der Waals surface area contributed by atoms with Gasteiger partial charge in [0, 0.05) is 23.2 Å². The Kier molecular flexibility index (Phi) is 5.50. The van der Waals surface area contributed by atoms with E-state index in [1.54, 1.807) is 12.1 Å². The lowest BCUT2D eigenvalue weighted by Crippen LogP contribution is -2.24. The third-order valence-corrected chi connectivity index (χ3v) is 5.45. The number of hydrogen-bond donors (Lipinski definition) is 1. The van der Waals surface area contributed by atoms with Crippen molar-refractivity contribution in [1.82, 2.24) is 10.3 Å². The van der Waals surface area contributed by atoms with Crippen LogP contribution in [0.3, 0.4) is 0 Å². The molecule has 0 fully saturated rings. The van der Waals surface area contributed by atoms with E-state index >= 15 is 0 Å². The number of thiophene rings is 1. The zero-order valence-electron chi connectivity index (χ0n) is 14.2. The lowest BCUT2D eigenvalue weighted by atomic mass is 9.90. The van der Waals surface area contributed by atoms with Crippen molar-refractivity contribution in [3.8, 4) is 5.88 Å². The average Bonchev–Trinajstić information content (AvgIpc) is 3.01. The molecule has 140 valence electrons. The third kappa shape index (κ3) is 4.75. The van der Waals surface area contributed by atoms with Crippen molar-refractivity contribution >= 4 is 17.2 Å². The number of aromatic nitrogens is 1. The molecular weight excluding hydrogens is 365 g/mol. The maximum atomic E-state index is 12.4. The summed E-state index contributed by atoms with van der Waals surface area (Å²) in [6, 6.07) is 5.10. The van der Waals surface area contributed by atoms with Gasteiger partial charge in [-0.3, -0.25) is 4.79 Å². The number of carbonyl (C=O) groups is 1. The highest BCUT2D eigenvalue weighted by atomic mass is 32.1. The second-order valence-electron chi connectivity index (χ2n) is 6.46. The predicted molar refractivity (Wildman–Crippen MR) is 92.5 cm³/mol. The molecule has 1 atom stereocenters. The van der Waals surface area contributed by atoms with Gasteiger partial charge in [0.05, 0.1) is 4.88 Å².